The fourth-order valence-corrected chi connectivity index (χ4v) is 3.72. The van der Waals surface area contributed by atoms with E-state index in [0.717, 1.165) is 37.2 Å². The van der Waals surface area contributed by atoms with Crippen molar-refractivity contribution in [2.75, 3.05) is 26.7 Å². The molecule has 1 N–H and O–H groups in total. The summed E-state index contributed by atoms with van der Waals surface area (Å²) < 4.78 is 0. The second-order valence-corrected chi connectivity index (χ2v) is 6.64. The summed E-state index contributed by atoms with van der Waals surface area (Å²) >= 11 is 0. The normalized spacial score (nSPS) is 22.6. The first-order valence-corrected chi connectivity index (χ1v) is 8.58. The first-order chi connectivity index (χ1) is 11.6. The van der Waals surface area contributed by atoms with Gasteiger partial charge in [-0.05, 0) is 43.1 Å². The fourth-order valence-electron chi connectivity index (χ4n) is 3.72. The van der Waals surface area contributed by atoms with Gasteiger partial charge in [0.1, 0.15) is 0 Å². The van der Waals surface area contributed by atoms with Gasteiger partial charge in [-0.2, -0.15) is 0 Å². The van der Waals surface area contributed by atoms with Crippen LogP contribution in [0.2, 0.25) is 0 Å². The summed E-state index contributed by atoms with van der Waals surface area (Å²) in [5, 5.41) is 3.19. The Kier molecular flexibility index (Phi) is 5.00. The van der Waals surface area contributed by atoms with E-state index >= 15 is 0 Å². The average Bonchev–Trinajstić information content (AvgIpc) is 3.04. The molecule has 0 radical (unpaired) electrons. The average molecular weight is 327 g/mol. The lowest BCUT2D eigenvalue weighted by Crippen LogP contribution is -2.37. The molecule has 0 spiro atoms. The van der Waals surface area contributed by atoms with Crippen molar-refractivity contribution in [3.05, 3.63) is 41.6 Å². The molecule has 0 aromatic heterocycles. The minimum Gasteiger partial charge on any atom is -0.342 e. The van der Waals surface area contributed by atoms with Crippen molar-refractivity contribution in [1.82, 2.24) is 15.1 Å². The Hall–Kier alpha value is -2.14. The van der Waals surface area contributed by atoms with Crippen LogP contribution in [0.5, 0.6) is 0 Å². The van der Waals surface area contributed by atoms with Gasteiger partial charge in [0.2, 0.25) is 11.8 Å². The zero-order valence-electron chi connectivity index (χ0n) is 14.4. The molecule has 2 amide bonds. The third-order valence-corrected chi connectivity index (χ3v) is 4.97. The molecular formula is C19H25N3O2. The summed E-state index contributed by atoms with van der Waals surface area (Å²) in [4.78, 5) is 28.4. The van der Waals surface area contributed by atoms with Gasteiger partial charge in [-0.3, -0.25) is 9.59 Å². The Labute approximate surface area is 143 Å². The van der Waals surface area contributed by atoms with E-state index in [1.807, 2.05) is 42.3 Å². The second kappa shape index (κ2) is 7.18. The van der Waals surface area contributed by atoms with Gasteiger partial charge in [0, 0.05) is 26.2 Å². The first-order valence-electron chi connectivity index (χ1n) is 8.58. The van der Waals surface area contributed by atoms with Crippen LogP contribution in [0.15, 0.2) is 30.5 Å². The van der Waals surface area contributed by atoms with Crippen molar-refractivity contribution in [1.29, 1.82) is 0 Å². The Bertz CT molecular complexity index is 656. The maximum absolute atomic E-state index is 12.8. The van der Waals surface area contributed by atoms with Crippen molar-refractivity contribution in [3.63, 3.8) is 0 Å². The highest BCUT2D eigenvalue weighted by atomic mass is 16.2. The maximum Gasteiger partial charge on any atom is 0.225 e. The largest absolute Gasteiger partial charge is 0.342 e. The molecule has 1 aromatic rings. The molecular weight excluding hydrogens is 302 g/mol. The summed E-state index contributed by atoms with van der Waals surface area (Å²) in [5.41, 5.74) is 2.14. The first kappa shape index (κ1) is 16.7. The smallest absolute Gasteiger partial charge is 0.225 e. The third kappa shape index (κ3) is 3.36. The van der Waals surface area contributed by atoms with E-state index < -0.39 is 0 Å². The van der Waals surface area contributed by atoms with Crippen molar-refractivity contribution < 1.29 is 9.59 Å². The molecule has 2 atom stereocenters. The zero-order valence-corrected chi connectivity index (χ0v) is 14.4. The van der Waals surface area contributed by atoms with Crippen LogP contribution >= 0.6 is 0 Å². The van der Waals surface area contributed by atoms with E-state index in [0.29, 0.717) is 12.3 Å². The van der Waals surface area contributed by atoms with Gasteiger partial charge in [0.25, 0.3) is 0 Å². The number of likely N-dealkylation sites (tertiary alicyclic amines) is 1. The standard InChI is InChI=1S/C19H25N3O2/c1-14(23)22-10-8-16-5-3-4-6-17(16)18(22)11-19(24)21-9-7-15(13-21)12-20-2/h3-6,8,10,15,18,20H,7,9,11-13H2,1-2H3. The van der Waals surface area contributed by atoms with E-state index in [2.05, 4.69) is 5.32 Å². The lowest BCUT2D eigenvalue weighted by Gasteiger charge is -2.33. The fraction of sp³-hybridized carbons (Fsp3) is 0.474. The van der Waals surface area contributed by atoms with Crippen molar-refractivity contribution >= 4 is 17.9 Å². The van der Waals surface area contributed by atoms with Crippen LogP contribution < -0.4 is 5.32 Å². The van der Waals surface area contributed by atoms with E-state index in [1.165, 1.54) is 0 Å². The summed E-state index contributed by atoms with van der Waals surface area (Å²) in [7, 11) is 1.94. The number of nitrogens with zero attached hydrogens (tertiary/aromatic N) is 2. The van der Waals surface area contributed by atoms with Crippen LogP contribution in [-0.2, 0) is 9.59 Å². The molecule has 2 unspecified atom stereocenters. The number of nitrogens with one attached hydrogen (secondary N) is 1. The highest BCUT2D eigenvalue weighted by Gasteiger charge is 2.32. The predicted molar refractivity (Wildman–Crippen MR) is 94.0 cm³/mol. The van der Waals surface area contributed by atoms with Gasteiger partial charge in [-0.25, -0.2) is 0 Å². The SMILES string of the molecule is CNCC1CCN(C(=O)CC2c3ccccc3C=CN2C(C)=O)C1. The summed E-state index contributed by atoms with van der Waals surface area (Å²) in [6.45, 7) is 4.12. The molecule has 0 saturated carbocycles. The minimum atomic E-state index is -0.209. The summed E-state index contributed by atoms with van der Waals surface area (Å²) in [6, 6.07) is 7.78. The molecule has 2 heterocycles. The molecule has 0 bridgehead atoms. The molecule has 3 rings (SSSR count). The molecule has 2 aliphatic heterocycles. The van der Waals surface area contributed by atoms with E-state index in [4.69, 9.17) is 0 Å². The quantitative estimate of drug-likeness (QED) is 0.920. The van der Waals surface area contributed by atoms with Gasteiger partial charge in [-0.15, -0.1) is 0 Å². The van der Waals surface area contributed by atoms with E-state index in [-0.39, 0.29) is 17.9 Å². The molecule has 0 aliphatic carbocycles. The number of hydrogen-bond acceptors (Lipinski definition) is 3. The van der Waals surface area contributed by atoms with Gasteiger partial charge in [0.05, 0.1) is 12.5 Å². The number of hydrogen-bond donors (Lipinski definition) is 1. The van der Waals surface area contributed by atoms with Crippen molar-refractivity contribution in [3.8, 4) is 0 Å². The highest BCUT2D eigenvalue weighted by Crippen LogP contribution is 2.33. The molecule has 1 aromatic carbocycles. The Morgan fingerprint density at radius 2 is 2.08 bits per heavy atom. The highest BCUT2D eigenvalue weighted by molar-refractivity contribution is 5.82. The van der Waals surface area contributed by atoms with Crippen LogP contribution in [0.25, 0.3) is 6.08 Å². The molecule has 1 fully saturated rings. The van der Waals surface area contributed by atoms with Gasteiger partial charge < -0.3 is 15.1 Å². The summed E-state index contributed by atoms with van der Waals surface area (Å²) in [5.74, 6) is 0.629. The number of rotatable bonds is 4. The van der Waals surface area contributed by atoms with Crippen LogP contribution in [0.4, 0.5) is 0 Å². The molecule has 2 aliphatic rings. The molecule has 128 valence electrons. The van der Waals surface area contributed by atoms with Crippen molar-refractivity contribution in [2.45, 2.75) is 25.8 Å². The Morgan fingerprint density at radius 1 is 1.29 bits per heavy atom. The zero-order chi connectivity index (χ0) is 17.1. The van der Waals surface area contributed by atoms with Crippen LogP contribution in [0.3, 0.4) is 0 Å². The molecule has 5 nitrogen and oxygen atoms in total. The number of fused-ring (bicyclic) bond motifs is 1. The lowest BCUT2D eigenvalue weighted by atomic mass is 9.93. The number of carbonyl (C=O) groups excluding carboxylic acids is 2. The van der Waals surface area contributed by atoms with Gasteiger partial charge >= 0.3 is 0 Å². The van der Waals surface area contributed by atoms with Gasteiger partial charge in [0.15, 0.2) is 0 Å². The maximum atomic E-state index is 12.8. The Balaban J connectivity index is 1.75. The van der Waals surface area contributed by atoms with E-state index in [1.54, 1.807) is 18.0 Å². The van der Waals surface area contributed by atoms with Crippen LogP contribution in [-0.4, -0.2) is 48.3 Å². The second-order valence-electron chi connectivity index (χ2n) is 6.64. The molecule has 24 heavy (non-hydrogen) atoms. The topological polar surface area (TPSA) is 52.7 Å². The summed E-state index contributed by atoms with van der Waals surface area (Å²) in [6.07, 6.45) is 5.13. The van der Waals surface area contributed by atoms with Crippen LogP contribution in [0.1, 0.15) is 36.9 Å². The van der Waals surface area contributed by atoms with E-state index in [9.17, 15) is 9.59 Å². The molecule has 5 heteroatoms. The predicted octanol–water partition coefficient (Wildman–Crippen LogP) is 2.02. The van der Waals surface area contributed by atoms with Crippen LogP contribution in [0, 0.1) is 5.92 Å². The number of amides is 2. The minimum absolute atomic E-state index is 0.0342. The van der Waals surface area contributed by atoms with Gasteiger partial charge in [-0.1, -0.05) is 24.3 Å². The monoisotopic (exact) mass is 327 g/mol. The number of benzene rings is 1. The molecule has 1 saturated heterocycles. The van der Waals surface area contributed by atoms with Crippen molar-refractivity contribution in [2.24, 2.45) is 5.92 Å². The lowest BCUT2D eigenvalue weighted by molar-refractivity contribution is -0.134. The Morgan fingerprint density at radius 3 is 2.83 bits per heavy atom. The third-order valence-electron chi connectivity index (χ3n) is 4.97. The number of carbonyl (C=O) groups is 2.